The molecule has 2 aliphatic heterocycles. The summed E-state index contributed by atoms with van der Waals surface area (Å²) in [5.74, 6) is 2.08. The molecule has 4 rings (SSSR count). The molecule has 1 N–H and O–H groups in total. The molecule has 0 bridgehead atoms. The highest BCUT2D eigenvalue weighted by Crippen LogP contribution is 2.37. The molecule has 23 heavy (non-hydrogen) atoms. The maximum Gasteiger partial charge on any atom is 0.321 e. The number of nitrogens with zero attached hydrogens (tertiary/aromatic N) is 4. The molecule has 6 nitrogen and oxygen atoms in total. The molecule has 3 fully saturated rings. The lowest BCUT2D eigenvalue weighted by atomic mass is 10.1. The summed E-state index contributed by atoms with van der Waals surface area (Å²) in [5, 5.41) is 2.93. The third-order valence-corrected chi connectivity index (χ3v) is 5.15. The second-order valence-corrected chi connectivity index (χ2v) is 7.14. The lowest BCUT2D eigenvalue weighted by Crippen LogP contribution is -2.34. The summed E-state index contributed by atoms with van der Waals surface area (Å²) in [6.07, 6.45) is 9.62. The molecule has 3 aliphatic rings. The van der Waals surface area contributed by atoms with Gasteiger partial charge in [0.05, 0.1) is 18.1 Å². The lowest BCUT2D eigenvalue weighted by molar-refractivity contribution is 0.217. The molecule has 6 heteroatoms. The predicted octanol–water partition coefficient (Wildman–Crippen LogP) is 2.30. The Morgan fingerprint density at radius 2 is 1.87 bits per heavy atom. The first kappa shape index (κ1) is 14.9. The van der Waals surface area contributed by atoms with E-state index >= 15 is 0 Å². The van der Waals surface area contributed by atoms with E-state index in [0.29, 0.717) is 17.5 Å². The first-order chi connectivity index (χ1) is 11.3. The quantitative estimate of drug-likeness (QED) is 0.926. The summed E-state index contributed by atoms with van der Waals surface area (Å²) < 4.78 is 0. The molecule has 0 spiro atoms. The molecule has 1 saturated carbocycles. The van der Waals surface area contributed by atoms with Crippen molar-refractivity contribution in [1.29, 1.82) is 0 Å². The van der Waals surface area contributed by atoms with E-state index in [4.69, 9.17) is 0 Å². The fourth-order valence-corrected chi connectivity index (χ4v) is 3.65. The van der Waals surface area contributed by atoms with Gasteiger partial charge < -0.3 is 15.1 Å². The first-order valence-electron chi connectivity index (χ1n) is 8.88. The highest BCUT2D eigenvalue weighted by molar-refractivity contribution is 5.89. The van der Waals surface area contributed by atoms with Crippen LogP contribution in [0.5, 0.6) is 0 Å². The standard InChI is InChI=1S/C17H25N5O/c23-17(20-15-9-18-16(19-10-15)14-3-4-14)22-8-5-13(12-22)11-21-6-1-2-7-21/h9-10,13-14H,1-8,11-12H2,(H,20,23)/t13-/m1/s1. The van der Waals surface area contributed by atoms with E-state index in [1.54, 1.807) is 12.4 Å². The number of anilines is 1. The van der Waals surface area contributed by atoms with Gasteiger partial charge in [0, 0.05) is 25.6 Å². The maximum atomic E-state index is 12.4. The lowest BCUT2D eigenvalue weighted by Gasteiger charge is -2.20. The van der Waals surface area contributed by atoms with Crippen molar-refractivity contribution in [1.82, 2.24) is 19.8 Å². The Kier molecular flexibility index (Phi) is 4.16. The summed E-state index contributed by atoms with van der Waals surface area (Å²) >= 11 is 0. The van der Waals surface area contributed by atoms with Crippen molar-refractivity contribution in [2.24, 2.45) is 5.92 Å². The van der Waals surface area contributed by atoms with E-state index in [2.05, 4.69) is 20.2 Å². The van der Waals surface area contributed by atoms with Crippen LogP contribution in [0.1, 0.15) is 43.8 Å². The SMILES string of the molecule is O=C(Nc1cnc(C2CC2)nc1)N1CC[C@H](CN2CCCC2)C1. The highest BCUT2D eigenvalue weighted by atomic mass is 16.2. The zero-order valence-corrected chi connectivity index (χ0v) is 13.6. The smallest absolute Gasteiger partial charge is 0.321 e. The van der Waals surface area contributed by atoms with Crippen LogP contribution in [0, 0.1) is 5.92 Å². The fraction of sp³-hybridized carbons (Fsp3) is 0.706. The van der Waals surface area contributed by atoms with Gasteiger partial charge in [-0.3, -0.25) is 0 Å². The van der Waals surface area contributed by atoms with Gasteiger partial charge in [-0.25, -0.2) is 14.8 Å². The van der Waals surface area contributed by atoms with E-state index in [0.717, 1.165) is 31.9 Å². The Morgan fingerprint density at radius 3 is 2.57 bits per heavy atom. The second-order valence-electron chi connectivity index (χ2n) is 7.14. The van der Waals surface area contributed by atoms with Crippen LogP contribution in [0.4, 0.5) is 10.5 Å². The number of likely N-dealkylation sites (tertiary alicyclic amines) is 2. The van der Waals surface area contributed by atoms with Gasteiger partial charge in [-0.2, -0.15) is 0 Å². The maximum absolute atomic E-state index is 12.4. The van der Waals surface area contributed by atoms with Gasteiger partial charge in [0.25, 0.3) is 0 Å². The van der Waals surface area contributed by atoms with Crippen molar-refractivity contribution in [2.45, 2.75) is 38.0 Å². The van der Waals surface area contributed by atoms with E-state index in [1.807, 2.05) is 4.90 Å². The topological polar surface area (TPSA) is 61.4 Å². The number of hydrogen-bond donors (Lipinski definition) is 1. The Morgan fingerprint density at radius 1 is 1.13 bits per heavy atom. The molecule has 0 radical (unpaired) electrons. The van der Waals surface area contributed by atoms with Gasteiger partial charge in [-0.1, -0.05) is 0 Å². The molecule has 3 heterocycles. The molecule has 124 valence electrons. The van der Waals surface area contributed by atoms with Crippen molar-refractivity contribution in [2.75, 3.05) is 38.0 Å². The zero-order valence-electron chi connectivity index (χ0n) is 13.6. The van der Waals surface area contributed by atoms with Gasteiger partial charge >= 0.3 is 6.03 Å². The second kappa shape index (κ2) is 6.43. The minimum atomic E-state index is -0.0170. The molecule has 2 amide bonds. The predicted molar refractivity (Wildman–Crippen MR) is 88.4 cm³/mol. The molecule has 0 aromatic carbocycles. The summed E-state index contributed by atoms with van der Waals surface area (Å²) in [7, 11) is 0. The Labute approximate surface area is 137 Å². The molecule has 2 saturated heterocycles. The zero-order chi connectivity index (χ0) is 15.6. The number of rotatable bonds is 4. The van der Waals surface area contributed by atoms with Crippen LogP contribution in [-0.4, -0.2) is 58.5 Å². The van der Waals surface area contributed by atoms with Crippen LogP contribution in [0.25, 0.3) is 0 Å². The number of aromatic nitrogens is 2. The van der Waals surface area contributed by atoms with E-state index < -0.39 is 0 Å². The van der Waals surface area contributed by atoms with Crippen molar-refractivity contribution in [3.8, 4) is 0 Å². The minimum absolute atomic E-state index is 0.0170. The van der Waals surface area contributed by atoms with Crippen LogP contribution >= 0.6 is 0 Å². The normalized spacial score (nSPS) is 25.0. The Bertz CT molecular complexity index is 551. The number of carbonyl (C=O) groups excluding carboxylic acids is 1. The highest BCUT2D eigenvalue weighted by Gasteiger charge is 2.29. The Balaban J connectivity index is 1.27. The average Bonchev–Trinajstić information content (AvgIpc) is 3.08. The van der Waals surface area contributed by atoms with Gasteiger partial charge in [-0.15, -0.1) is 0 Å². The van der Waals surface area contributed by atoms with Gasteiger partial charge in [0.15, 0.2) is 0 Å². The fourth-order valence-electron chi connectivity index (χ4n) is 3.65. The first-order valence-corrected chi connectivity index (χ1v) is 8.88. The van der Waals surface area contributed by atoms with Gasteiger partial charge in [0.1, 0.15) is 5.82 Å². The average molecular weight is 315 g/mol. The van der Waals surface area contributed by atoms with Crippen molar-refractivity contribution < 1.29 is 4.79 Å². The Hall–Kier alpha value is -1.69. The van der Waals surface area contributed by atoms with Gasteiger partial charge in [-0.05, 0) is 51.1 Å². The molecule has 1 aromatic rings. The largest absolute Gasteiger partial charge is 0.324 e. The number of urea groups is 1. The van der Waals surface area contributed by atoms with Gasteiger partial charge in [0.2, 0.25) is 0 Å². The molecule has 0 unspecified atom stereocenters. The molecular weight excluding hydrogens is 290 g/mol. The van der Waals surface area contributed by atoms with Crippen molar-refractivity contribution in [3.63, 3.8) is 0 Å². The molecular formula is C17H25N5O. The van der Waals surface area contributed by atoms with Crippen LogP contribution < -0.4 is 5.32 Å². The van der Waals surface area contributed by atoms with E-state index in [9.17, 15) is 4.79 Å². The van der Waals surface area contributed by atoms with E-state index in [-0.39, 0.29) is 6.03 Å². The molecule has 1 aromatic heterocycles. The summed E-state index contributed by atoms with van der Waals surface area (Å²) in [5.41, 5.74) is 0.697. The third-order valence-electron chi connectivity index (χ3n) is 5.15. The van der Waals surface area contributed by atoms with Crippen molar-refractivity contribution >= 4 is 11.7 Å². The van der Waals surface area contributed by atoms with Crippen molar-refractivity contribution in [3.05, 3.63) is 18.2 Å². The summed E-state index contributed by atoms with van der Waals surface area (Å²) in [6.45, 7) is 5.32. The third kappa shape index (κ3) is 3.63. The van der Waals surface area contributed by atoms with E-state index in [1.165, 1.54) is 38.8 Å². The van der Waals surface area contributed by atoms with Crippen LogP contribution in [0.3, 0.4) is 0 Å². The number of hydrogen-bond acceptors (Lipinski definition) is 4. The van der Waals surface area contributed by atoms with Crippen LogP contribution in [0.2, 0.25) is 0 Å². The molecule has 1 aliphatic carbocycles. The monoisotopic (exact) mass is 315 g/mol. The summed E-state index contributed by atoms with van der Waals surface area (Å²) in [4.78, 5) is 25.5. The van der Waals surface area contributed by atoms with Crippen LogP contribution in [0.15, 0.2) is 12.4 Å². The number of amides is 2. The number of carbonyl (C=O) groups is 1. The summed E-state index contributed by atoms with van der Waals surface area (Å²) in [6, 6.07) is -0.0170. The molecule has 1 atom stereocenters. The number of nitrogens with one attached hydrogen (secondary N) is 1. The van der Waals surface area contributed by atoms with Crippen LogP contribution in [-0.2, 0) is 0 Å². The minimum Gasteiger partial charge on any atom is -0.324 e.